The molecule has 2 unspecified atom stereocenters. The molecule has 2 atom stereocenters. The van der Waals surface area contributed by atoms with Gasteiger partial charge in [0.25, 0.3) is 0 Å². The Hall–Kier alpha value is -0.200. The first-order valence-corrected chi connectivity index (χ1v) is 7.75. The van der Waals surface area contributed by atoms with Gasteiger partial charge in [-0.25, -0.2) is 0 Å². The van der Waals surface area contributed by atoms with Gasteiger partial charge in [-0.3, -0.25) is 0 Å². The molecule has 0 amide bonds. The van der Waals surface area contributed by atoms with Crippen LogP contribution in [0.15, 0.2) is 0 Å². The normalized spacial score (nSPS) is 21.6. The van der Waals surface area contributed by atoms with Crippen LogP contribution in [0.1, 0.15) is 45.4 Å². The van der Waals surface area contributed by atoms with Gasteiger partial charge < -0.3 is 25.0 Å². The standard InChI is InChI=1S/C15H31NO4/c1-15(18,8-9-19-2)12-16-10-13(17)11-20-14-6-4-3-5-7-14/h13-14,16-18H,3-12H2,1-2H3. The fourth-order valence-electron chi connectivity index (χ4n) is 2.46. The van der Waals surface area contributed by atoms with E-state index in [-0.39, 0.29) is 0 Å². The molecule has 0 aromatic heterocycles. The summed E-state index contributed by atoms with van der Waals surface area (Å²) in [5, 5.41) is 23.0. The molecule has 5 nitrogen and oxygen atoms in total. The topological polar surface area (TPSA) is 71.0 Å². The van der Waals surface area contributed by atoms with Crippen LogP contribution < -0.4 is 5.32 Å². The fraction of sp³-hybridized carbons (Fsp3) is 1.00. The van der Waals surface area contributed by atoms with E-state index in [4.69, 9.17) is 9.47 Å². The average molecular weight is 289 g/mol. The molecule has 1 rings (SSSR count). The van der Waals surface area contributed by atoms with Gasteiger partial charge in [-0.15, -0.1) is 0 Å². The minimum absolute atomic E-state index is 0.322. The number of rotatable bonds is 10. The molecule has 0 heterocycles. The minimum atomic E-state index is -0.806. The highest BCUT2D eigenvalue weighted by Crippen LogP contribution is 2.20. The molecule has 0 aromatic carbocycles. The van der Waals surface area contributed by atoms with Crippen LogP contribution in [0, 0.1) is 0 Å². The Labute approximate surface area is 122 Å². The smallest absolute Gasteiger partial charge is 0.0897 e. The number of hydrogen-bond donors (Lipinski definition) is 3. The predicted octanol–water partition coefficient (Wildman–Crippen LogP) is 1.07. The Morgan fingerprint density at radius 2 is 2.00 bits per heavy atom. The quantitative estimate of drug-likeness (QED) is 0.561. The highest BCUT2D eigenvalue weighted by atomic mass is 16.5. The molecule has 1 fully saturated rings. The second kappa shape index (κ2) is 9.68. The van der Waals surface area contributed by atoms with Gasteiger partial charge in [-0.1, -0.05) is 19.3 Å². The van der Waals surface area contributed by atoms with Gasteiger partial charge in [-0.2, -0.15) is 0 Å². The van der Waals surface area contributed by atoms with Gasteiger partial charge >= 0.3 is 0 Å². The average Bonchev–Trinajstić information content (AvgIpc) is 2.44. The van der Waals surface area contributed by atoms with Crippen molar-refractivity contribution in [3.63, 3.8) is 0 Å². The van der Waals surface area contributed by atoms with Crippen molar-refractivity contribution >= 4 is 0 Å². The molecule has 3 N–H and O–H groups in total. The summed E-state index contributed by atoms with van der Waals surface area (Å²) in [5.41, 5.74) is -0.806. The lowest BCUT2D eigenvalue weighted by molar-refractivity contribution is -0.0260. The van der Waals surface area contributed by atoms with Crippen LogP contribution in [0.2, 0.25) is 0 Å². The summed E-state index contributed by atoms with van der Waals surface area (Å²) in [7, 11) is 1.62. The lowest BCUT2D eigenvalue weighted by Crippen LogP contribution is -2.42. The molecule has 5 heteroatoms. The molecule has 0 bridgehead atoms. The zero-order valence-electron chi connectivity index (χ0n) is 12.9. The van der Waals surface area contributed by atoms with Gasteiger partial charge in [0.15, 0.2) is 0 Å². The van der Waals surface area contributed by atoms with Crippen LogP contribution >= 0.6 is 0 Å². The predicted molar refractivity (Wildman–Crippen MR) is 78.8 cm³/mol. The first kappa shape index (κ1) is 17.9. The fourth-order valence-corrected chi connectivity index (χ4v) is 2.46. The molecular formula is C15H31NO4. The first-order valence-electron chi connectivity index (χ1n) is 7.75. The van der Waals surface area contributed by atoms with E-state index >= 15 is 0 Å². The van der Waals surface area contributed by atoms with Gasteiger partial charge in [0.2, 0.25) is 0 Å². The number of methoxy groups -OCH3 is 1. The number of aliphatic hydroxyl groups excluding tert-OH is 1. The zero-order valence-corrected chi connectivity index (χ0v) is 12.9. The Bertz CT molecular complexity index is 242. The second-order valence-electron chi connectivity index (χ2n) is 6.12. The lowest BCUT2D eigenvalue weighted by atomic mass is 9.98. The van der Waals surface area contributed by atoms with Gasteiger partial charge in [0.05, 0.1) is 24.4 Å². The van der Waals surface area contributed by atoms with Crippen LogP contribution in [0.5, 0.6) is 0 Å². The van der Waals surface area contributed by atoms with Crippen molar-refractivity contribution in [2.24, 2.45) is 0 Å². The van der Waals surface area contributed by atoms with Crippen molar-refractivity contribution in [2.75, 3.05) is 33.4 Å². The molecule has 0 aromatic rings. The lowest BCUT2D eigenvalue weighted by Gasteiger charge is -2.25. The molecular weight excluding hydrogens is 258 g/mol. The van der Waals surface area contributed by atoms with E-state index in [0.717, 1.165) is 12.8 Å². The number of aliphatic hydroxyl groups is 2. The summed E-state index contributed by atoms with van der Waals surface area (Å²) in [6, 6.07) is 0. The van der Waals surface area contributed by atoms with E-state index in [0.29, 0.717) is 38.8 Å². The summed E-state index contributed by atoms with van der Waals surface area (Å²) >= 11 is 0. The van der Waals surface area contributed by atoms with Crippen molar-refractivity contribution in [1.29, 1.82) is 0 Å². The summed E-state index contributed by atoms with van der Waals surface area (Å²) in [5.74, 6) is 0. The van der Waals surface area contributed by atoms with E-state index in [1.807, 2.05) is 0 Å². The third-order valence-corrected chi connectivity index (χ3v) is 3.81. The summed E-state index contributed by atoms with van der Waals surface area (Å²) in [6.07, 6.45) is 6.39. The molecule has 1 aliphatic carbocycles. The Morgan fingerprint density at radius 3 is 2.65 bits per heavy atom. The highest BCUT2D eigenvalue weighted by molar-refractivity contribution is 4.76. The molecule has 1 aliphatic rings. The highest BCUT2D eigenvalue weighted by Gasteiger charge is 2.20. The largest absolute Gasteiger partial charge is 0.389 e. The molecule has 0 saturated heterocycles. The molecule has 1 saturated carbocycles. The second-order valence-corrected chi connectivity index (χ2v) is 6.12. The van der Waals surface area contributed by atoms with Crippen molar-refractivity contribution in [1.82, 2.24) is 5.32 Å². The Balaban J connectivity index is 2.05. The number of ether oxygens (including phenoxy) is 2. The van der Waals surface area contributed by atoms with E-state index < -0.39 is 11.7 Å². The Morgan fingerprint density at radius 1 is 1.30 bits per heavy atom. The van der Waals surface area contributed by atoms with Gasteiger partial charge in [0, 0.05) is 33.2 Å². The molecule has 0 spiro atoms. The van der Waals surface area contributed by atoms with E-state index in [1.165, 1.54) is 19.3 Å². The SMILES string of the molecule is COCCC(C)(O)CNCC(O)COC1CCCCC1. The maximum Gasteiger partial charge on any atom is 0.0897 e. The van der Waals surface area contributed by atoms with Crippen molar-refractivity contribution in [3.05, 3.63) is 0 Å². The molecule has 120 valence electrons. The Kier molecular flexibility index (Phi) is 8.64. The monoisotopic (exact) mass is 289 g/mol. The van der Waals surface area contributed by atoms with Crippen molar-refractivity contribution < 1.29 is 19.7 Å². The van der Waals surface area contributed by atoms with Gasteiger partial charge in [-0.05, 0) is 19.8 Å². The zero-order chi connectivity index (χ0) is 14.8. The number of nitrogens with one attached hydrogen (secondary N) is 1. The van der Waals surface area contributed by atoms with Crippen LogP contribution in [0.3, 0.4) is 0 Å². The first-order chi connectivity index (χ1) is 9.53. The summed E-state index contributed by atoms with van der Waals surface area (Å²) in [6.45, 7) is 3.55. The van der Waals surface area contributed by atoms with E-state index in [2.05, 4.69) is 5.32 Å². The van der Waals surface area contributed by atoms with E-state index in [1.54, 1.807) is 14.0 Å². The van der Waals surface area contributed by atoms with Crippen molar-refractivity contribution in [3.8, 4) is 0 Å². The van der Waals surface area contributed by atoms with Crippen LogP contribution in [0.4, 0.5) is 0 Å². The maximum atomic E-state index is 10.0. The maximum absolute atomic E-state index is 10.0. The van der Waals surface area contributed by atoms with Crippen LogP contribution in [-0.2, 0) is 9.47 Å². The third-order valence-electron chi connectivity index (χ3n) is 3.81. The summed E-state index contributed by atoms with van der Waals surface area (Å²) in [4.78, 5) is 0. The molecule has 20 heavy (non-hydrogen) atoms. The summed E-state index contributed by atoms with van der Waals surface area (Å²) < 4.78 is 10.7. The van der Waals surface area contributed by atoms with Crippen LogP contribution in [0.25, 0.3) is 0 Å². The van der Waals surface area contributed by atoms with E-state index in [9.17, 15) is 10.2 Å². The van der Waals surface area contributed by atoms with Crippen LogP contribution in [-0.4, -0.2) is 61.4 Å². The molecule has 0 radical (unpaired) electrons. The molecule has 0 aliphatic heterocycles. The number of hydrogen-bond acceptors (Lipinski definition) is 5. The third kappa shape index (κ3) is 8.17. The minimum Gasteiger partial charge on any atom is -0.389 e. The van der Waals surface area contributed by atoms with Gasteiger partial charge in [0.1, 0.15) is 0 Å². The van der Waals surface area contributed by atoms with Crippen molar-refractivity contribution in [2.45, 2.75) is 63.3 Å².